The normalized spacial score (nSPS) is 12.0. The van der Waals surface area contributed by atoms with Crippen LogP contribution in [0.15, 0.2) is 56.7 Å². The fourth-order valence-corrected chi connectivity index (χ4v) is 4.86. The molecule has 3 aromatic heterocycles. The zero-order chi connectivity index (χ0) is 25.9. The monoisotopic (exact) mass is 521 g/mol. The first-order valence-electron chi connectivity index (χ1n) is 10.1. The molecule has 5 rings (SSSR count). The lowest BCUT2D eigenvalue weighted by atomic mass is 10.1. The number of alkyl halides is 3. The highest BCUT2D eigenvalue weighted by atomic mass is 32.1. The number of rotatable bonds is 4. The molecule has 0 unspecified atom stereocenters. The van der Waals surface area contributed by atoms with Gasteiger partial charge in [0.2, 0.25) is 0 Å². The Morgan fingerprint density at radius 1 is 1.03 bits per heavy atom. The van der Waals surface area contributed by atoms with Crippen LogP contribution in [-0.2, 0) is 12.7 Å². The lowest BCUT2D eigenvalue weighted by molar-refractivity contribution is -0.137. The van der Waals surface area contributed by atoms with Gasteiger partial charge >= 0.3 is 17.8 Å². The van der Waals surface area contributed by atoms with E-state index in [-0.39, 0.29) is 27.4 Å². The molecule has 0 spiro atoms. The van der Waals surface area contributed by atoms with E-state index in [1.54, 1.807) is 0 Å². The van der Waals surface area contributed by atoms with Crippen LogP contribution in [0.2, 0.25) is 0 Å². The molecule has 2 aromatic carbocycles. The molecule has 7 nitrogen and oxygen atoms in total. The molecule has 0 aliphatic carbocycles. The first-order chi connectivity index (χ1) is 17.0. The Morgan fingerprint density at radius 2 is 1.78 bits per heavy atom. The zero-order valence-electron chi connectivity index (χ0n) is 17.7. The standard InChI is InChI=1S/C23H12F5N3O4S/c24-12-2-3-15(25)10(5-12)7-30-17-4-1-11(23(26,27)28)6-13(17)18(19(30)21(33)34)31-20(32)14-8-36-9-16(14)29-22(31)35/h1-6,8-9H,7H2,(H,29,35)(H,33,34). The first kappa shape index (κ1) is 23.5. The summed E-state index contributed by atoms with van der Waals surface area (Å²) in [5, 5.41) is 12.6. The summed E-state index contributed by atoms with van der Waals surface area (Å²) in [6, 6.07) is 4.73. The highest BCUT2D eigenvalue weighted by Crippen LogP contribution is 2.36. The highest BCUT2D eigenvalue weighted by molar-refractivity contribution is 7.09. The van der Waals surface area contributed by atoms with Crippen molar-refractivity contribution in [1.29, 1.82) is 0 Å². The second-order valence-electron chi connectivity index (χ2n) is 7.82. The summed E-state index contributed by atoms with van der Waals surface area (Å²) in [4.78, 5) is 40.9. The number of thiophene rings is 1. The quantitative estimate of drug-likeness (QED) is 0.334. The second kappa shape index (κ2) is 8.16. The maximum absolute atomic E-state index is 14.4. The van der Waals surface area contributed by atoms with Crippen LogP contribution in [0, 0.1) is 11.6 Å². The topological polar surface area (TPSA) is 97.1 Å². The van der Waals surface area contributed by atoms with Gasteiger partial charge in [0, 0.05) is 21.7 Å². The SMILES string of the molecule is O=C(O)c1c(-n2c(=O)[nH]c3cscc3c2=O)c2cc(C(F)(F)F)ccc2n1Cc1cc(F)ccc1F. The maximum Gasteiger partial charge on any atom is 0.416 e. The molecule has 3 heterocycles. The summed E-state index contributed by atoms with van der Waals surface area (Å²) in [6.45, 7) is -0.611. The number of carbonyl (C=O) groups is 1. The molecule has 0 saturated heterocycles. The average molecular weight is 521 g/mol. The molecule has 0 fully saturated rings. The summed E-state index contributed by atoms with van der Waals surface area (Å²) in [5.41, 5.74) is -4.85. The molecule has 36 heavy (non-hydrogen) atoms. The van der Waals surface area contributed by atoms with Gasteiger partial charge in [-0.2, -0.15) is 13.2 Å². The Hall–Kier alpha value is -4.26. The number of carboxylic acid groups (broad SMARTS) is 1. The van der Waals surface area contributed by atoms with Gasteiger partial charge in [0.1, 0.15) is 11.6 Å². The Morgan fingerprint density at radius 3 is 2.47 bits per heavy atom. The van der Waals surface area contributed by atoms with Gasteiger partial charge in [-0.15, -0.1) is 11.3 Å². The molecule has 184 valence electrons. The van der Waals surface area contributed by atoms with Crippen LogP contribution in [0.1, 0.15) is 21.6 Å². The van der Waals surface area contributed by atoms with Gasteiger partial charge in [0.15, 0.2) is 5.69 Å². The predicted octanol–water partition coefficient (Wildman–Crippen LogP) is 4.74. The Balaban J connectivity index is 1.94. The molecular weight excluding hydrogens is 509 g/mol. The predicted molar refractivity (Wildman–Crippen MR) is 121 cm³/mol. The van der Waals surface area contributed by atoms with Crippen molar-refractivity contribution >= 4 is 39.1 Å². The van der Waals surface area contributed by atoms with Crippen molar-refractivity contribution in [1.82, 2.24) is 14.1 Å². The summed E-state index contributed by atoms with van der Waals surface area (Å²) < 4.78 is 70.2. The molecule has 5 aromatic rings. The summed E-state index contributed by atoms with van der Waals surface area (Å²) >= 11 is 1.08. The molecule has 0 radical (unpaired) electrons. The van der Waals surface area contributed by atoms with Gasteiger partial charge in [-0.25, -0.2) is 22.9 Å². The zero-order valence-corrected chi connectivity index (χ0v) is 18.5. The number of benzene rings is 2. The summed E-state index contributed by atoms with van der Waals surface area (Å²) in [5.74, 6) is -3.42. The van der Waals surface area contributed by atoms with Crippen molar-refractivity contribution < 1.29 is 31.9 Å². The third-order valence-electron chi connectivity index (χ3n) is 5.67. The third kappa shape index (κ3) is 3.68. The van der Waals surface area contributed by atoms with Crippen molar-refractivity contribution in [3.8, 4) is 5.69 Å². The maximum atomic E-state index is 14.4. The van der Waals surface area contributed by atoms with E-state index in [9.17, 15) is 41.4 Å². The minimum atomic E-state index is -4.83. The number of aromatic amines is 1. The van der Waals surface area contributed by atoms with Gasteiger partial charge in [-0.05, 0) is 36.4 Å². The number of nitrogens with zero attached hydrogens (tertiary/aromatic N) is 2. The number of carboxylic acids is 1. The van der Waals surface area contributed by atoms with E-state index in [2.05, 4.69) is 4.98 Å². The number of hydrogen-bond donors (Lipinski definition) is 2. The molecule has 0 amide bonds. The molecule has 2 N–H and O–H groups in total. The minimum absolute atomic E-state index is 0.0139. The van der Waals surface area contributed by atoms with Crippen LogP contribution in [-0.4, -0.2) is 25.2 Å². The Bertz CT molecular complexity index is 1810. The van der Waals surface area contributed by atoms with Gasteiger partial charge in [-0.1, -0.05) is 0 Å². The summed E-state index contributed by atoms with van der Waals surface area (Å²) in [6.07, 6.45) is -4.83. The van der Waals surface area contributed by atoms with Crippen molar-refractivity contribution in [2.45, 2.75) is 12.7 Å². The molecule has 0 aliphatic heterocycles. The first-order valence-corrected chi connectivity index (χ1v) is 11.0. The van der Waals surface area contributed by atoms with Crippen LogP contribution in [0.5, 0.6) is 0 Å². The number of aromatic carboxylic acids is 1. The second-order valence-corrected chi connectivity index (χ2v) is 8.57. The smallest absolute Gasteiger partial charge is 0.416 e. The number of hydrogen-bond acceptors (Lipinski definition) is 4. The molecule has 0 bridgehead atoms. The molecule has 0 atom stereocenters. The van der Waals surface area contributed by atoms with E-state index < -0.39 is 58.5 Å². The molecule has 13 heteroatoms. The Kier molecular flexibility index (Phi) is 5.32. The Labute approximate surface area is 200 Å². The van der Waals surface area contributed by atoms with E-state index in [4.69, 9.17) is 0 Å². The van der Waals surface area contributed by atoms with E-state index >= 15 is 0 Å². The summed E-state index contributed by atoms with van der Waals surface area (Å²) in [7, 11) is 0. The largest absolute Gasteiger partial charge is 0.477 e. The number of halogens is 5. The molecule has 0 saturated carbocycles. The molecular formula is C23H12F5N3O4S. The number of nitrogens with one attached hydrogen (secondary N) is 1. The van der Waals surface area contributed by atoms with E-state index in [0.29, 0.717) is 16.7 Å². The van der Waals surface area contributed by atoms with Crippen molar-refractivity contribution in [2.24, 2.45) is 0 Å². The van der Waals surface area contributed by atoms with Gasteiger partial charge in [0.05, 0.1) is 34.2 Å². The number of fused-ring (bicyclic) bond motifs is 2. The molecule has 0 aliphatic rings. The van der Waals surface area contributed by atoms with Crippen LogP contribution in [0.3, 0.4) is 0 Å². The van der Waals surface area contributed by atoms with Gasteiger partial charge in [0.25, 0.3) is 5.56 Å². The number of H-pyrrole nitrogens is 1. The van der Waals surface area contributed by atoms with Crippen LogP contribution >= 0.6 is 11.3 Å². The van der Waals surface area contributed by atoms with E-state index in [0.717, 1.165) is 40.2 Å². The lowest BCUT2D eigenvalue weighted by Crippen LogP contribution is -2.34. The average Bonchev–Trinajstić information content (AvgIpc) is 3.38. The van der Waals surface area contributed by atoms with E-state index in [1.807, 2.05) is 0 Å². The van der Waals surface area contributed by atoms with Crippen LogP contribution in [0.4, 0.5) is 22.0 Å². The van der Waals surface area contributed by atoms with Crippen molar-refractivity contribution in [3.63, 3.8) is 0 Å². The number of aromatic nitrogens is 3. The van der Waals surface area contributed by atoms with Crippen LogP contribution in [0.25, 0.3) is 27.5 Å². The fourth-order valence-electron chi connectivity index (χ4n) is 4.10. The highest BCUT2D eigenvalue weighted by Gasteiger charge is 2.33. The van der Waals surface area contributed by atoms with Crippen LogP contribution < -0.4 is 11.2 Å². The van der Waals surface area contributed by atoms with E-state index in [1.165, 1.54) is 10.8 Å². The van der Waals surface area contributed by atoms with Gasteiger partial charge in [-0.3, -0.25) is 4.79 Å². The minimum Gasteiger partial charge on any atom is -0.477 e. The van der Waals surface area contributed by atoms with Crippen molar-refractivity contribution in [2.75, 3.05) is 0 Å². The lowest BCUT2D eigenvalue weighted by Gasteiger charge is -2.11. The van der Waals surface area contributed by atoms with Gasteiger partial charge < -0.3 is 14.7 Å². The third-order valence-corrected chi connectivity index (χ3v) is 6.41. The fraction of sp³-hybridized carbons (Fsp3) is 0.0870. The van der Waals surface area contributed by atoms with Crippen molar-refractivity contribution in [3.05, 3.63) is 96.5 Å².